The van der Waals surface area contributed by atoms with Crippen LogP contribution in [0.25, 0.3) is 0 Å². The van der Waals surface area contributed by atoms with E-state index in [1.165, 1.54) is 44.9 Å². The van der Waals surface area contributed by atoms with E-state index in [0.717, 1.165) is 12.0 Å². The summed E-state index contributed by atoms with van der Waals surface area (Å²) >= 11 is 0. The Bertz CT molecular complexity index is 169. The van der Waals surface area contributed by atoms with Gasteiger partial charge in [0.1, 0.15) is 0 Å². The lowest BCUT2D eigenvalue weighted by Crippen LogP contribution is -2.52. The molecule has 0 aromatic rings. The van der Waals surface area contributed by atoms with Crippen molar-refractivity contribution in [1.29, 1.82) is 0 Å². The van der Waals surface area contributed by atoms with Gasteiger partial charge >= 0.3 is 0 Å². The molecule has 2 heteroatoms. The predicted octanol–water partition coefficient (Wildman–Crippen LogP) is 2.03. The van der Waals surface area contributed by atoms with Crippen LogP contribution in [0.1, 0.15) is 51.9 Å². The van der Waals surface area contributed by atoms with Crippen molar-refractivity contribution in [3.63, 3.8) is 0 Å². The molecule has 0 amide bonds. The number of hydrogen-bond donors (Lipinski definition) is 2. The van der Waals surface area contributed by atoms with Gasteiger partial charge in [-0.2, -0.15) is 0 Å². The number of nitrogens with two attached hydrogens (primary N) is 1. The summed E-state index contributed by atoms with van der Waals surface area (Å²) < 4.78 is 0. The predicted molar refractivity (Wildman–Crippen MR) is 60.2 cm³/mol. The lowest BCUT2D eigenvalue weighted by Gasteiger charge is -2.38. The van der Waals surface area contributed by atoms with E-state index in [2.05, 4.69) is 12.2 Å². The van der Waals surface area contributed by atoms with Crippen molar-refractivity contribution in [3.05, 3.63) is 0 Å². The lowest BCUT2D eigenvalue weighted by molar-refractivity contribution is 0.212. The standard InChI is InChI=1S/C12H24N2/c1-9(10-5-3-2-4-6-10)14-12-7-11(13)8-12/h9-12,14H,2-8,13H2,1H3/t9-,11?,12?/m1/s1. The first kappa shape index (κ1) is 10.4. The van der Waals surface area contributed by atoms with Crippen molar-refractivity contribution in [3.8, 4) is 0 Å². The van der Waals surface area contributed by atoms with Crippen molar-refractivity contribution in [2.45, 2.75) is 70.0 Å². The van der Waals surface area contributed by atoms with Crippen molar-refractivity contribution < 1.29 is 0 Å². The van der Waals surface area contributed by atoms with Gasteiger partial charge < -0.3 is 11.1 Å². The summed E-state index contributed by atoms with van der Waals surface area (Å²) in [5, 5.41) is 3.74. The van der Waals surface area contributed by atoms with Crippen molar-refractivity contribution in [2.24, 2.45) is 11.7 Å². The molecule has 2 nitrogen and oxygen atoms in total. The Balaban J connectivity index is 1.69. The summed E-state index contributed by atoms with van der Waals surface area (Å²) in [7, 11) is 0. The van der Waals surface area contributed by atoms with Gasteiger partial charge in [0.05, 0.1) is 0 Å². The third-order valence-corrected chi connectivity index (χ3v) is 4.03. The van der Waals surface area contributed by atoms with E-state index >= 15 is 0 Å². The van der Waals surface area contributed by atoms with Crippen LogP contribution in [0.3, 0.4) is 0 Å². The fourth-order valence-corrected chi connectivity index (χ4v) is 2.94. The highest BCUT2D eigenvalue weighted by atomic mass is 15.0. The van der Waals surface area contributed by atoms with Crippen molar-refractivity contribution in [1.82, 2.24) is 5.32 Å². The highest BCUT2D eigenvalue weighted by Gasteiger charge is 2.29. The van der Waals surface area contributed by atoms with E-state index in [1.807, 2.05) is 0 Å². The van der Waals surface area contributed by atoms with Crippen LogP contribution in [0.15, 0.2) is 0 Å². The third kappa shape index (κ3) is 2.48. The van der Waals surface area contributed by atoms with Crippen LogP contribution in [-0.4, -0.2) is 18.1 Å². The van der Waals surface area contributed by atoms with E-state index < -0.39 is 0 Å². The highest BCUT2D eigenvalue weighted by Crippen LogP contribution is 2.28. The molecular formula is C12H24N2. The van der Waals surface area contributed by atoms with Crippen LogP contribution in [0.2, 0.25) is 0 Å². The van der Waals surface area contributed by atoms with Gasteiger partial charge in [0, 0.05) is 18.1 Å². The Morgan fingerprint density at radius 1 is 1.14 bits per heavy atom. The summed E-state index contributed by atoms with van der Waals surface area (Å²) in [6, 6.07) is 1.92. The van der Waals surface area contributed by atoms with Gasteiger partial charge in [-0.3, -0.25) is 0 Å². The maximum absolute atomic E-state index is 5.78. The summed E-state index contributed by atoms with van der Waals surface area (Å²) in [6.07, 6.45) is 9.60. The second-order valence-corrected chi connectivity index (χ2v) is 5.28. The molecule has 2 saturated carbocycles. The molecule has 2 rings (SSSR count). The summed E-state index contributed by atoms with van der Waals surface area (Å²) in [5.74, 6) is 0.931. The van der Waals surface area contributed by atoms with Crippen LogP contribution in [-0.2, 0) is 0 Å². The van der Waals surface area contributed by atoms with Crippen LogP contribution >= 0.6 is 0 Å². The van der Waals surface area contributed by atoms with E-state index in [4.69, 9.17) is 5.73 Å². The second kappa shape index (κ2) is 4.63. The summed E-state index contributed by atoms with van der Waals surface area (Å²) in [6.45, 7) is 2.36. The van der Waals surface area contributed by atoms with E-state index in [1.54, 1.807) is 0 Å². The van der Waals surface area contributed by atoms with Crippen molar-refractivity contribution in [2.75, 3.05) is 0 Å². The molecule has 2 aliphatic carbocycles. The zero-order valence-electron chi connectivity index (χ0n) is 9.34. The monoisotopic (exact) mass is 196 g/mol. The van der Waals surface area contributed by atoms with Crippen LogP contribution in [0.5, 0.6) is 0 Å². The number of rotatable bonds is 3. The minimum Gasteiger partial charge on any atom is -0.328 e. The maximum atomic E-state index is 5.78. The minimum atomic E-state index is 0.478. The third-order valence-electron chi connectivity index (χ3n) is 4.03. The molecule has 0 bridgehead atoms. The molecule has 0 aromatic heterocycles. The topological polar surface area (TPSA) is 38.0 Å². The van der Waals surface area contributed by atoms with Gasteiger partial charge in [-0.05, 0) is 38.5 Å². The van der Waals surface area contributed by atoms with Crippen LogP contribution < -0.4 is 11.1 Å². The smallest absolute Gasteiger partial charge is 0.00991 e. The molecule has 0 radical (unpaired) electrons. The molecule has 1 atom stereocenters. The van der Waals surface area contributed by atoms with Gasteiger partial charge in [-0.15, -0.1) is 0 Å². The van der Waals surface area contributed by atoms with Gasteiger partial charge in [0.15, 0.2) is 0 Å². The quantitative estimate of drug-likeness (QED) is 0.725. The van der Waals surface area contributed by atoms with Gasteiger partial charge in [-0.1, -0.05) is 19.3 Å². The molecule has 0 spiro atoms. The average Bonchev–Trinajstić information content (AvgIpc) is 2.17. The molecule has 0 unspecified atom stereocenters. The molecule has 0 saturated heterocycles. The summed E-state index contributed by atoms with van der Waals surface area (Å²) in [4.78, 5) is 0. The van der Waals surface area contributed by atoms with Crippen LogP contribution in [0, 0.1) is 5.92 Å². The molecular weight excluding hydrogens is 172 g/mol. The zero-order valence-corrected chi connectivity index (χ0v) is 9.34. The molecule has 82 valence electrons. The molecule has 2 fully saturated rings. The number of nitrogens with one attached hydrogen (secondary N) is 1. The van der Waals surface area contributed by atoms with Gasteiger partial charge in [0.25, 0.3) is 0 Å². The zero-order chi connectivity index (χ0) is 9.97. The summed E-state index contributed by atoms with van der Waals surface area (Å²) in [5.41, 5.74) is 5.78. The Morgan fingerprint density at radius 3 is 2.36 bits per heavy atom. The first-order valence-electron chi connectivity index (χ1n) is 6.27. The van der Waals surface area contributed by atoms with E-state index in [-0.39, 0.29) is 0 Å². The first-order valence-corrected chi connectivity index (χ1v) is 6.27. The molecule has 14 heavy (non-hydrogen) atoms. The lowest BCUT2D eigenvalue weighted by atomic mass is 9.82. The van der Waals surface area contributed by atoms with E-state index in [9.17, 15) is 0 Å². The molecule has 0 heterocycles. The van der Waals surface area contributed by atoms with Gasteiger partial charge in [-0.25, -0.2) is 0 Å². The minimum absolute atomic E-state index is 0.478. The normalized spacial score (nSPS) is 36.4. The Hall–Kier alpha value is -0.0800. The SMILES string of the molecule is C[C@@H](NC1CC(N)C1)C1CCCCC1. The second-order valence-electron chi connectivity index (χ2n) is 5.28. The first-order chi connectivity index (χ1) is 6.75. The Morgan fingerprint density at radius 2 is 1.79 bits per heavy atom. The van der Waals surface area contributed by atoms with Crippen molar-refractivity contribution >= 4 is 0 Å². The fraction of sp³-hybridized carbons (Fsp3) is 1.00. The molecule has 0 aromatic carbocycles. The van der Waals surface area contributed by atoms with E-state index in [0.29, 0.717) is 12.1 Å². The highest BCUT2D eigenvalue weighted by molar-refractivity contribution is 4.90. The van der Waals surface area contributed by atoms with Crippen LogP contribution in [0.4, 0.5) is 0 Å². The number of hydrogen-bond acceptors (Lipinski definition) is 2. The molecule has 2 aliphatic rings. The molecule has 0 aliphatic heterocycles. The fourth-order valence-electron chi connectivity index (χ4n) is 2.94. The Labute approximate surface area is 87.6 Å². The average molecular weight is 196 g/mol. The molecule has 3 N–H and O–H groups in total. The Kier molecular flexibility index (Phi) is 3.45. The maximum Gasteiger partial charge on any atom is 0.00991 e. The van der Waals surface area contributed by atoms with Gasteiger partial charge in [0.2, 0.25) is 0 Å². The largest absolute Gasteiger partial charge is 0.328 e.